The standard InChI is InChI=1S/C19H31N5O3/c1-15(2)5-9-24-10-7-19(8-11-24)6-4-16(27-19)12-20-18(25)23(3)13-17-21-14-26-22-17/h5,14,16H,4,6-13H2,1-3H3,(H,20,25). The van der Waals surface area contributed by atoms with Gasteiger partial charge in [0.2, 0.25) is 6.39 Å². The van der Waals surface area contributed by atoms with Crippen LogP contribution >= 0.6 is 0 Å². The van der Waals surface area contributed by atoms with E-state index in [1.807, 2.05) is 0 Å². The fraction of sp³-hybridized carbons (Fsp3) is 0.737. The van der Waals surface area contributed by atoms with E-state index in [0.29, 0.717) is 18.9 Å². The monoisotopic (exact) mass is 377 g/mol. The van der Waals surface area contributed by atoms with E-state index in [2.05, 4.69) is 44.8 Å². The number of ether oxygens (including phenoxy) is 1. The van der Waals surface area contributed by atoms with Crippen LogP contribution in [0.2, 0.25) is 0 Å². The van der Waals surface area contributed by atoms with Gasteiger partial charge in [-0.15, -0.1) is 0 Å². The minimum atomic E-state index is -0.152. The molecule has 0 saturated carbocycles. The Morgan fingerprint density at radius 2 is 2.19 bits per heavy atom. The molecule has 2 fully saturated rings. The Balaban J connectivity index is 1.38. The molecule has 2 saturated heterocycles. The van der Waals surface area contributed by atoms with Gasteiger partial charge in [-0.25, -0.2) is 4.79 Å². The Bertz CT molecular complexity index is 634. The van der Waals surface area contributed by atoms with Crippen LogP contribution in [0.5, 0.6) is 0 Å². The largest absolute Gasteiger partial charge is 0.370 e. The highest BCUT2D eigenvalue weighted by Gasteiger charge is 2.42. The Labute approximate surface area is 160 Å². The Morgan fingerprint density at radius 3 is 2.85 bits per heavy atom. The van der Waals surface area contributed by atoms with Gasteiger partial charge < -0.3 is 19.5 Å². The van der Waals surface area contributed by atoms with Gasteiger partial charge in [-0.1, -0.05) is 16.8 Å². The van der Waals surface area contributed by atoms with Crippen molar-refractivity contribution in [2.75, 3.05) is 33.2 Å². The van der Waals surface area contributed by atoms with E-state index < -0.39 is 0 Å². The molecule has 1 N–H and O–H groups in total. The number of amides is 2. The van der Waals surface area contributed by atoms with Gasteiger partial charge in [-0.3, -0.25) is 4.90 Å². The SMILES string of the molecule is CC(C)=CCN1CCC2(CCC(CNC(=O)N(C)Cc3ncon3)O2)CC1. The molecule has 3 rings (SSSR count). The minimum absolute atomic E-state index is 0.00734. The lowest BCUT2D eigenvalue weighted by Gasteiger charge is -2.39. The van der Waals surface area contributed by atoms with Crippen LogP contribution in [0.1, 0.15) is 45.4 Å². The number of nitrogens with zero attached hydrogens (tertiary/aromatic N) is 4. The van der Waals surface area contributed by atoms with Crippen molar-refractivity contribution in [3.63, 3.8) is 0 Å². The number of carbonyl (C=O) groups excluding carboxylic acids is 1. The lowest BCUT2D eigenvalue weighted by Crippen LogP contribution is -2.45. The van der Waals surface area contributed by atoms with E-state index in [9.17, 15) is 4.79 Å². The molecule has 150 valence electrons. The van der Waals surface area contributed by atoms with Crippen molar-refractivity contribution < 1.29 is 14.1 Å². The van der Waals surface area contributed by atoms with Crippen LogP contribution < -0.4 is 5.32 Å². The second kappa shape index (κ2) is 8.84. The fourth-order valence-corrected chi connectivity index (χ4v) is 3.74. The van der Waals surface area contributed by atoms with Crippen LogP contribution in [-0.4, -0.2) is 70.9 Å². The number of hydrogen-bond acceptors (Lipinski definition) is 6. The van der Waals surface area contributed by atoms with Crippen LogP contribution in [0.3, 0.4) is 0 Å². The van der Waals surface area contributed by atoms with Crippen LogP contribution in [-0.2, 0) is 11.3 Å². The molecule has 8 heteroatoms. The summed E-state index contributed by atoms with van der Waals surface area (Å²) in [4.78, 5) is 20.2. The molecule has 1 aromatic rings. The van der Waals surface area contributed by atoms with Gasteiger partial charge in [-0.2, -0.15) is 4.98 Å². The molecule has 0 aliphatic carbocycles. The van der Waals surface area contributed by atoms with Crippen LogP contribution in [0.4, 0.5) is 4.79 Å². The first-order valence-electron chi connectivity index (χ1n) is 9.73. The highest BCUT2D eigenvalue weighted by molar-refractivity contribution is 5.73. The summed E-state index contributed by atoms with van der Waals surface area (Å²) in [5.41, 5.74) is 1.38. The van der Waals surface area contributed by atoms with Gasteiger partial charge in [0.1, 0.15) is 0 Å². The van der Waals surface area contributed by atoms with Crippen molar-refractivity contribution >= 4 is 6.03 Å². The van der Waals surface area contributed by atoms with Crippen molar-refractivity contribution in [3.8, 4) is 0 Å². The second-order valence-corrected chi connectivity index (χ2v) is 7.93. The molecular formula is C19H31N5O3. The predicted octanol–water partition coefficient (Wildman–Crippen LogP) is 2.19. The van der Waals surface area contributed by atoms with Gasteiger partial charge in [0, 0.05) is 33.2 Å². The van der Waals surface area contributed by atoms with Crippen LogP contribution in [0, 0.1) is 0 Å². The summed E-state index contributed by atoms with van der Waals surface area (Å²) in [5.74, 6) is 0.489. The number of allylic oxidation sites excluding steroid dienone is 1. The highest BCUT2D eigenvalue weighted by Crippen LogP contribution is 2.38. The molecule has 1 aromatic heterocycles. The summed E-state index contributed by atoms with van der Waals surface area (Å²) in [7, 11) is 1.71. The number of piperidine rings is 1. The summed E-state index contributed by atoms with van der Waals surface area (Å²) in [6, 6.07) is -0.152. The second-order valence-electron chi connectivity index (χ2n) is 7.93. The molecule has 1 spiro atoms. The van der Waals surface area contributed by atoms with E-state index in [1.54, 1.807) is 7.05 Å². The van der Waals surface area contributed by atoms with Crippen LogP contribution in [0.15, 0.2) is 22.6 Å². The normalized spacial score (nSPS) is 22.0. The lowest BCUT2D eigenvalue weighted by molar-refractivity contribution is -0.0740. The molecule has 27 heavy (non-hydrogen) atoms. The van der Waals surface area contributed by atoms with Gasteiger partial charge >= 0.3 is 6.03 Å². The van der Waals surface area contributed by atoms with Crippen molar-refractivity contribution in [2.45, 2.75) is 57.8 Å². The van der Waals surface area contributed by atoms with Crippen molar-refractivity contribution in [1.29, 1.82) is 0 Å². The maximum Gasteiger partial charge on any atom is 0.317 e. The topological polar surface area (TPSA) is 83.7 Å². The van der Waals surface area contributed by atoms with E-state index in [0.717, 1.165) is 45.3 Å². The maximum absolute atomic E-state index is 12.2. The summed E-state index contributed by atoms with van der Waals surface area (Å²) >= 11 is 0. The summed E-state index contributed by atoms with van der Waals surface area (Å²) < 4.78 is 11.1. The zero-order valence-electron chi connectivity index (χ0n) is 16.6. The zero-order chi connectivity index (χ0) is 19.3. The molecule has 0 bridgehead atoms. The van der Waals surface area contributed by atoms with Gasteiger partial charge in [0.25, 0.3) is 0 Å². The lowest BCUT2D eigenvalue weighted by atomic mass is 9.88. The average Bonchev–Trinajstić information content (AvgIpc) is 3.29. The number of carbonyl (C=O) groups is 1. The molecule has 8 nitrogen and oxygen atoms in total. The first-order chi connectivity index (χ1) is 13.0. The Hall–Kier alpha value is -1.93. The molecule has 0 aromatic carbocycles. The van der Waals surface area contributed by atoms with E-state index in [4.69, 9.17) is 4.74 Å². The molecule has 3 heterocycles. The van der Waals surface area contributed by atoms with Crippen LogP contribution in [0.25, 0.3) is 0 Å². The highest BCUT2D eigenvalue weighted by atomic mass is 16.5. The molecule has 1 atom stereocenters. The number of nitrogens with one attached hydrogen (secondary N) is 1. The van der Waals surface area contributed by atoms with Gasteiger partial charge in [0.05, 0.1) is 18.2 Å². The number of likely N-dealkylation sites (tertiary alicyclic amines) is 1. The molecule has 2 amide bonds. The quantitative estimate of drug-likeness (QED) is 0.765. The summed E-state index contributed by atoms with van der Waals surface area (Å²) in [6.45, 7) is 8.34. The molecule has 2 aliphatic heterocycles. The molecular weight excluding hydrogens is 346 g/mol. The Kier molecular flexibility index (Phi) is 6.49. The molecule has 2 aliphatic rings. The van der Waals surface area contributed by atoms with Crippen molar-refractivity contribution in [1.82, 2.24) is 25.3 Å². The number of hydrogen-bond donors (Lipinski definition) is 1. The van der Waals surface area contributed by atoms with E-state index >= 15 is 0 Å². The minimum Gasteiger partial charge on any atom is -0.370 e. The van der Waals surface area contributed by atoms with Gasteiger partial charge in [-0.05, 0) is 39.5 Å². The first kappa shape index (κ1) is 19.8. The third-order valence-corrected chi connectivity index (χ3v) is 5.48. The maximum atomic E-state index is 12.2. The van der Waals surface area contributed by atoms with Crippen molar-refractivity contribution in [3.05, 3.63) is 23.9 Å². The summed E-state index contributed by atoms with van der Waals surface area (Å²) in [6.07, 6.45) is 7.88. The van der Waals surface area contributed by atoms with E-state index in [1.165, 1.54) is 16.9 Å². The predicted molar refractivity (Wildman–Crippen MR) is 101 cm³/mol. The van der Waals surface area contributed by atoms with Crippen molar-refractivity contribution in [2.24, 2.45) is 0 Å². The Morgan fingerprint density at radius 1 is 1.41 bits per heavy atom. The number of rotatable bonds is 6. The van der Waals surface area contributed by atoms with E-state index in [-0.39, 0.29) is 17.7 Å². The smallest absolute Gasteiger partial charge is 0.317 e. The molecule has 1 unspecified atom stereocenters. The number of aromatic nitrogens is 2. The first-order valence-corrected chi connectivity index (χ1v) is 9.73. The number of urea groups is 1. The third kappa shape index (κ3) is 5.52. The average molecular weight is 377 g/mol. The third-order valence-electron chi connectivity index (χ3n) is 5.48. The van der Waals surface area contributed by atoms with Gasteiger partial charge in [0.15, 0.2) is 5.82 Å². The molecule has 0 radical (unpaired) electrons. The summed E-state index contributed by atoms with van der Waals surface area (Å²) in [5, 5.41) is 6.68. The fourth-order valence-electron chi connectivity index (χ4n) is 3.74. The zero-order valence-corrected chi connectivity index (χ0v) is 16.6.